The third kappa shape index (κ3) is 2.81. The van der Waals surface area contributed by atoms with Crippen molar-refractivity contribution in [2.24, 2.45) is 0 Å². The Morgan fingerprint density at radius 3 is 2.83 bits per heavy atom. The van der Waals surface area contributed by atoms with E-state index in [-0.39, 0.29) is 18.2 Å². The Hall–Kier alpha value is -2.02. The fourth-order valence-corrected chi connectivity index (χ4v) is 3.08. The molecule has 5 nitrogen and oxygen atoms in total. The van der Waals surface area contributed by atoms with Crippen LogP contribution in [0.3, 0.4) is 0 Å². The van der Waals surface area contributed by atoms with Gasteiger partial charge in [0.1, 0.15) is 17.2 Å². The number of nitrogens with one attached hydrogen (secondary N) is 1. The summed E-state index contributed by atoms with van der Waals surface area (Å²) in [7, 11) is 0. The number of halogens is 2. The molecule has 2 fully saturated rings. The molecule has 124 valence electrons. The van der Waals surface area contributed by atoms with Gasteiger partial charge in [0.2, 0.25) is 0 Å². The van der Waals surface area contributed by atoms with Crippen molar-refractivity contribution >= 4 is 11.9 Å². The Balaban J connectivity index is 1.85. The third-order valence-electron chi connectivity index (χ3n) is 4.40. The van der Waals surface area contributed by atoms with Gasteiger partial charge < -0.3 is 10.1 Å². The van der Waals surface area contributed by atoms with Crippen LogP contribution in [-0.2, 0) is 15.1 Å². The van der Waals surface area contributed by atoms with Crippen LogP contribution < -0.4 is 5.32 Å². The van der Waals surface area contributed by atoms with E-state index in [9.17, 15) is 18.4 Å². The molecular weight excluding hydrogens is 306 g/mol. The first-order valence-corrected chi connectivity index (χ1v) is 7.63. The molecule has 2 atom stereocenters. The Kier molecular flexibility index (Phi) is 4.06. The maximum absolute atomic E-state index is 14.0. The summed E-state index contributed by atoms with van der Waals surface area (Å²) in [5.74, 6) is -2.00. The van der Waals surface area contributed by atoms with Crippen LogP contribution in [-0.4, -0.2) is 36.1 Å². The van der Waals surface area contributed by atoms with E-state index in [1.165, 1.54) is 6.92 Å². The molecule has 7 heteroatoms. The highest BCUT2D eigenvalue weighted by Crippen LogP contribution is 2.31. The van der Waals surface area contributed by atoms with E-state index in [0.717, 1.165) is 42.4 Å². The summed E-state index contributed by atoms with van der Waals surface area (Å²) in [4.78, 5) is 25.9. The Morgan fingerprint density at radius 1 is 1.35 bits per heavy atom. The molecular formula is C16H18F2N2O3. The Bertz CT molecular complexity index is 646. The van der Waals surface area contributed by atoms with Crippen LogP contribution in [0.5, 0.6) is 0 Å². The molecule has 3 amide bonds. The summed E-state index contributed by atoms with van der Waals surface area (Å²) in [5.41, 5.74) is -1.79. The minimum absolute atomic E-state index is 0.122. The molecule has 2 aliphatic rings. The number of carbonyl (C=O) groups excluding carboxylic acids is 2. The summed E-state index contributed by atoms with van der Waals surface area (Å²) in [6.07, 6.45) is 2.49. The molecule has 3 rings (SSSR count). The number of benzene rings is 1. The molecule has 0 radical (unpaired) electrons. The lowest BCUT2D eigenvalue weighted by Crippen LogP contribution is -2.43. The van der Waals surface area contributed by atoms with E-state index in [4.69, 9.17) is 4.74 Å². The van der Waals surface area contributed by atoms with Gasteiger partial charge in [-0.25, -0.2) is 13.6 Å². The largest absolute Gasteiger partial charge is 0.376 e. The normalized spacial score (nSPS) is 28.1. The number of urea groups is 1. The van der Waals surface area contributed by atoms with Crippen molar-refractivity contribution in [3.8, 4) is 0 Å². The molecule has 1 aromatic carbocycles. The minimum atomic E-state index is -1.61. The summed E-state index contributed by atoms with van der Waals surface area (Å²) < 4.78 is 33.0. The van der Waals surface area contributed by atoms with E-state index in [0.29, 0.717) is 6.61 Å². The van der Waals surface area contributed by atoms with Crippen LogP contribution in [0.1, 0.15) is 31.7 Å². The molecule has 0 spiro atoms. The summed E-state index contributed by atoms with van der Waals surface area (Å²) in [6.45, 7) is 2.11. The molecule has 0 unspecified atom stereocenters. The quantitative estimate of drug-likeness (QED) is 0.868. The molecule has 2 heterocycles. The van der Waals surface area contributed by atoms with E-state index in [1.54, 1.807) is 0 Å². The highest BCUT2D eigenvalue weighted by molar-refractivity contribution is 6.07. The van der Waals surface area contributed by atoms with Crippen molar-refractivity contribution < 1.29 is 23.1 Å². The van der Waals surface area contributed by atoms with E-state index < -0.39 is 29.1 Å². The molecule has 0 bridgehead atoms. The van der Waals surface area contributed by atoms with E-state index in [2.05, 4.69) is 5.32 Å². The zero-order valence-corrected chi connectivity index (χ0v) is 12.8. The molecule has 0 saturated carbocycles. The van der Waals surface area contributed by atoms with Crippen LogP contribution >= 0.6 is 0 Å². The monoisotopic (exact) mass is 324 g/mol. The first-order chi connectivity index (χ1) is 10.9. The van der Waals surface area contributed by atoms with Crippen molar-refractivity contribution in [2.75, 3.05) is 13.2 Å². The second-order valence-electron chi connectivity index (χ2n) is 6.08. The molecule has 2 saturated heterocycles. The van der Waals surface area contributed by atoms with E-state index >= 15 is 0 Å². The zero-order valence-electron chi connectivity index (χ0n) is 12.8. The number of hydrogen-bond acceptors (Lipinski definition) is 3. The number of rotatable bonds is 3. The van der Waals surface area contributed by atoms with Gasteiger partial charge in [0, 0.05) is 12.2 Å². The SMILES string of the molecule is C[C@@]1(c2cc(F)ccc2F)NC(=O)N(C[C@@H]2CCCCO2)C1=O. The summed E-state index contributed by atoms with van der Waals surface area (Å²) in [6, 6.07) is 2.24. The van der Waals surface area contributed by atoms with Gasteiger partial charge in [-0.2, -0.15) is 0 Å². The van der Waals surface area contributed by atoms with Crippen LogP contribution in [0.4, 0.5) is 13.6 Å². The highest BCUT2D eigenvalue weighted by atomic mass is 19.1. The first-order valence-electron chi connectivity index (χ1n) is 7.63. The Labute approximate surface area is 132 Å². The molecule has 23 heavy (non-hydrogen) atoms. The maximum atomic E-state index is 14.0. The van der Waals surface area contributed by atoms with Gasteiger partial charge in [0.15, 0.2) is 0 Å². The van der Waals surface area contributed by atoms with Gasteiger partial charge in [-0.1, -0.05) is 0 Å². The van der Waals surface area contributed by atoms with Crippen LogP contribution in [0, 0.1) is 11.6 Å². The van der Waals surface area contributed by atoms with Crippen molar-refractivity contribution in [1.82, 2.24) is 10.2 Å². The molecule has 2 aliphatic heterocycles. The fourth-order valence-electron chi connectivity index (χ4n) is 3.08. The number of carbonyl (C=O) groups is 2. The predicted molar refractivity (Wildman–Crippen MR) is 77.5 cm³/mol. The fraction of sp³-hybridized carbons (Fsp3) is 0.500. The zero-order chi connectivity index (χ0) is 16.6. The molecule has 0 aromatic heterocycles. The smallest absolute Gasteiger partial charge is 0.325 e. The average molecular weight is 324 g/mol. The Morgan fingerprint density at radius 2 is 2.13 bits per heavy atom. The molecule has 1 aromatic rings. The number of amides is 3. The standard InChI is InChI=1S/C16H18F2N2O3/c1-16(12-8-10(17)5-6-13(12)18)14(21)20(15(22)19-16)9-11-4-2-3-7-23-11/h5-6,8,11H,2-4,7,9H2,1H3,(H,19,22)/t11-,16-/m0/s1. The number of hydrogen-bond donors (Lipinski definition) is 1. The highest BCUT2D eigenvalue weighted by Gasteiger charge is 2.50. The third-order valence-corrected chi connectivity index (χ3v) is 4.40. The number of nitrogens with zero attached hydrogens (tertiary/aromatic N) is 1. The van der Waals surface area contributed by atoms with Gasteiger partial charge in [0.05, 0.1) is 12.6 Å². The van der Waals surface area contributed by atoms with Crippen LogP contribution in [0.15, 0.2) is 18.2 Å². The second kappa shape index (κ2) is 5.88. The average Bonchev–Trinajstić information content (AvgIpc) is 2.75. The molecule has 1 N–H and O–H groups in total. The topological polar surface area (TPSA) is 58.6 Å². The maximum Gasteiger partial charge on any atom is 0.325 e. The number of ether oxygens (including phenoxy) is 1. The summed E-state index contributed by atoms with van der Waals surface area (Å²) in [5, 5.41) is 2.48. The lowest BCUT2D eigenvalue weighted by atomic mass is 9.91. The van der Waals surface area contributed by atoms with Gasteiger partial charge in [-0.15, -0.1) is 0 Å². The predicted octanol–water partition coefficient (Wildman–Crippen LogP) is 2.30. The van der Waals surface area contributed by atoms with Gasteiger partial charge in [0.25, 0.3) is 5.91 Å². The van der Waals surface area contributed by atoms with Gasteiger partial charge in [-0.3, -0.25) is 9.69 Å². The lowest BCUT2D eigenvalue weighted by molar-refractivity contribution is -0.133. The summed E-state index contributed by atoms with van der Waals surface area (Å²) >= 11 is 0. The van der Waals surface area contributed by atoms with Gasteiger partial charge in [-0.05, 0) is 44.4 Å². The lowest BCUT2D eigenvalue weighted by Gasteiger charge is -2.27. The van der Waals surface area contributed by atoms with Crippen molar-refractivity contribution in [3.63, 3.8) is 0 Å². The molecule has 0 aliphatic carbocycles. The first kappa shape index (κ1) is 15.9. The van der Waals surface area contributed by atoms with Crippen LogP contribution in [0.25, 0.3) is 0 Å². The second-order valence-corrected chi connectivity index (χ2v) is 6.08. The van der Waals surface area contributed by atoms with Crippen LogP contribution in [0.2, 0.25) is 0 Å². The van der Waals surface area contributed by atoms with Crippen molar-refractivity contribution in [2.45, 2.75) is 37.8 Å². The minimum Gasteiger partial charge on any atom is -0.376 e. The van der Waals surface area contributed by atoms with Gasteiger partial charge >= 0.3 is 6.03 Å². The van der Waals surface area contributed by atoms with E-state index in [1.807, 2.05) is 0 Å². The van der Waals surface area contributed by atoms with Crippen molar-refractivity contribution in [1.29, 1.82) is 0 Å². The number of imide groups is 1. The van der Waals surface area contributed by atoms with Crippen molar-refractivity contribution in [3.05, 3.63) is 35.4 Å².